The molecule has 2 aromatic heterocycles. The fraction of sp³-hybridized carbons (Fsp3) is 0.316. The number of imidazole rings is 1. The van der Waals surface area contributed by atoms with Gasteiger partial charge in [-0.2, -0.15) is 0 Å². The van der Waals surface area contributed by atoms with Crippen LogP contribution in [0.1, 0.15) is 17.4 Å². The molecule has 1 atom stereocenters. The van der Waals surface area contributed by atoms with Gasteiger partial charge in [0.05, 0.1) is 19.4 Å². The second-order valence-corrected chi connectivity index (χ2v) is 6.29. The fourth-order valence-corrected chi connectivity index (χ4v) is 2.86. The topological polar surface area (TPSA) is 86.9 Å². The number of carbonyl (C=O) groups is 1. The molecule has 1 N–H and O–H groups in total. The molecule has 0 aliphatic heterocycles. The zero-order valence-corrected chi connectivity index (χ0v) is 15.7. The first-order chi connectivity index (χ1) is 12.9. The molecule has 0 radical (unpaired) electrons. The highest BCUT2D eigenvalue weighted by molar-refractivity contribution is 5.93. The zero-order chi connectivity index (χ0) is 19.6. The lowest BCUT2D eigenvalue weighted by atomic mass is 10.1. The predicted molar refractivity (Wildman–Crippen MR) is 101 cm³/mol. The van der Waals surface area contributed by atoms with Gasteiger partial charge in [-0.3, -0.25) is 14.0 Å². The Bertz CT molecular complexity index is 1020. The number of amides is 1. The molecular formula is C19H22N4O4. The second kappa shape index (κ2) is 7.63. The van der Waals surface area contributed by atoms with Crippen LogP contribution in [-0.4, -0.2) is 46.7 Å². The van der Waals surface area contributed by atoms with E-state index < -0.39 is 0 Å². The van der Waals surface area contributed by atoms with Crippen molar-refractivity contribution < 1.29 is 14.3 Å². The third-order valence-corrected chi connectivity index (χ3v) is 4.26. The van der Waals surface area contributed by atoms with Crippen LogP contribution in [-0.2, 0) is 11.8 Å². The number of aromatic nitrogens is 3. The van der Waals surface area contributed by atoms with Crippen molar-refractivity contribution in [3.05, 3.63) is 52.7 Å². The summed E-state index contributed by atoms with van der Waals surface area (Å²) >= 11 is 0. The van der Waals surface area contributed by atoms with E-state index in [2.05, 4.69) is 10.3 Å². The molecule has 27 heavy (non-hydrogen) atoms. The highest BCUT2D eigenvalue weighted by Crippen LogP contribution is 2.21. The molecule has 2 heterocycles. The minimum absolute atomic E-state index is 0.162. The maximum Gasteiger partial charge on any atom is 0.294 e. The summed E-state index contributed by atoms with van der Waals surface area (Å²) in [6, 6.07) is 7.24. The number of methoxy groups -OCH3 is 2. The first kappa shape index (κ1) is 18.7. The number of benzene rings is 1. The van der Waals surface area contributed by atoms with Gasteiger partial charge in [0.1, 0.15) is 11.4 Å². The summed E-state index contributed by atoms with van der Waals surface area (Å²) < 4.78 is 13.3. The summed E-state index contributed by atoms with van der Waals surface area (Å²) in [5, 5.41) is 2.79. The molecular weight excluding hydrogens is 348 g/mol. The lowest BCUT2D eigenvalue weighted by molar-refractivity contribution is 0.0901. The number of nitrogens with one attached hydrogen (secondary N) is 1. The molecule has 0 aliphatic rings. The predicted octanol–water partition coefficient (Wildman–Crippen LogP) is 1.47. The summed E-state index contributed by atoms with van der Waals surface area (Å²) in [6.07, 6.45) is 3.33. The van der Waals surface area contributed by atoms with Crippen LogP contribution in [0.15, 0.2) is 41.5 Å². The maximum atomic E-state index is 12.7. The van der Waals surface area contributed by atoms with Crippen molar-refractivity contribution in [2.75, 3.05) is 20.8 Å². The Morgan fingerprint density at radius 3 is 2.56 bits per heavy atom. The van der Waals surface area contributed by atoms with Crippen LogP contribution >= 0.6 is 0 Å². The first-order valence-corrected chi connectivity index (χ1v) is 8.47. The molecule has 0 unspecified atom stereocenters. The molecule has 142 valence electrons. The highest BCUT2D eigenvalue weighted by atomic mass is 16.5. The Morgan fingerprint density at radius 1 is 1.22 bits per heavy atom. The Balaban J connectivity index is 2.00. The van der Waals surface area contributed by atoms with Gasteiger partial charge in [0.2, 0.25) is 5.65 Å². The Kier molecular flexibility index (Phi) is 5.27. The molecule has 3 aromatic rings. The molecule has 8 nitrogen and oxygen atoms in total. The van der Waals surface area contributed by atoms with E-state index >= 15 is 0 Å². The van der Waals surface area contributed by atoms with Gasteiger partial charge in [-0.1, -0.05) is 0 Å². The van der Waals surface area contributed by atoms with E-state index in [0.717, 1.165) is 11.3 Å². The van der Waals surface area contributed by atoms with Crippen molar-refractivity contribution >= 4 is 11.6 Å². The molecule has 0 spiro atoms. The van der Waals surface area contributed by atoms with Gasteiger partial charge in [-0.25, -0.2) is 4.98 Å². The fourth-order valence-electron chi connectivity index (χ4n) is 2.86. The number of rotatable bonds is 6. The summed E-state index contributed by atoms with van der Waals surface area (Å²) in [4.78, 5) is 29.3. The van der Waals surface area contributed by atoms with Crippen molar-refractivity contribution in [1.29, 1.82) is 0 Å². The number of ether oxygens (including phenoxy) is 2. The average Bonchev–Trinajstić information content (AvgIpc) is 3.09. The van der Waals surface area contributed by atoms with Crippen LogP contribution < -0.4 is 15.6 Å². The van der Waals surface area contributed by atoms with Gasteiger partial charge < -0.3 is 19.4 Å². The van der Waals surface area contributed by atoms with Gasteiger partial charge in [0, 0.05) is 38.2 Å². The first-order valence-electron chi connectivity index (χ1n) is 8.47. The number of carbonyl (C=O) groups excluding carboxylic acids is 1. The average molecular weight is 370 g/mol. The SMILES string of the molecule is COC[C@@H](C)NC(=O)c1cn2cc(-c3ccc(OC)cc3)n(C)c(=O)c2n1. The minimum Gasteiger partial charge on any atom is -0.497 e. The van der Waals surface area contributed by atoms with E-state index in [4.69, 9.17) is 9.47 Å². The van der Waals surface area contributed by atoms with E-state index in [1.54, 1.807) is 38.1 Å². The normalized spacial score (nSPS) is 12.1. The standard InChI is InChI=1S/C19H22N4O4/c1-12(11-26-3)20-18(24)15-9-23-10-16(22(2)19(25)17(23)21-15)13-5-7-14(27-4)8-6-13/h5-10,12H,11H2,1-4H3,(H,20,24)/t12-/m1/s1. The van der Waals surface area contributed by atoms with Crippen molar-refractivity contribution in [2.45, 2.75) is 13.0 Å². The molecule has 0 bridgehead atoms. The minimum atomic E-state index is -0.351. The van der Waals surface area contributed by atoms with E-state index in [1.165, 1.54) is 4.57 Å². The van der Waals surface area contributed by atoms with Crippen LogP contribution in [0.25, 0.3) is 16.9 Å². The van der Waals surface area contributed by atoms with Gasteiger partial charge in [0.15, 0.2) is 0 Å². The van der Waals surface area contributed by atoms with Gasteiger partial charge >= 0.3 is 0 Å². The van der Waals surface area contributed by atoms with Crippen molar-refractivity contribution in [2.24, 2.45) is 7.05 Å². The summed E-state index contributed by atoms with van der Waals surface area (Å²) in [7, 11) is 4.84. The number of nitrogens with zero attached hydrogens (tertiary/aromatic N) is 3. The lowest BCUT2D eigenvalue weighted by Gasteiger charge is -2.10. The highest BCUT2D eigenvalue weighted by Gasteiger charge is 2.17. The Morgan fingerprint density at radius 2 is 1.93 bits per heavy atom. The van der Waals surface area contributed by atoms with Gasteiger partial charge in [-0.05, 0) is 31.2 Å². The lowest BCUT2D eigenvalue weighted by Crippen LogP contribution is -2.35. The van der Waals surface area contributed by atoms with Gasteiger partial charge in [0.25, 0.3) is 11.5 Å². The zero-order valence-electron chi connectivity index (χ0n) is 15.7. The van der Waals surface area contributed by atoms with Crippen LogP contribution in [0.3, 0.4) is 0 Å². The van der Waals surface area contributed by atoms with Gasteiger partial charge in [-0.15, -0.1) is 0 Å². The van der Waals surface area contributed by atoms with Crippen molar-refractivity contribution in [3.63, 3.8) is 0 Å². The number of fused-ring (bicyclic) bond motifs is 1. The summed E-state index contributed by atoms with van der Waals surface area (Å²) in [5.41, 5.74) is 1.64. The maximum absolute atomic E-state index is 12.7. The summed E-state index contributed by atoms with van der Waals surface area (Å²) in [5.74, 6) is 0.382. The van der Waals surface area contributed by atoms with Crippen LogP contribution in [0.4, 0.5) is 0 Å². The third-order valence-electron chi connectivity index (χ3n) is 4.26. The smallest absolute Gasteiger partial charge is 0.294 e. The molecule has 1 amide bonds. The third kappa shape index (κ3) is 3.70. The quantitative estimate of drug-likeness (QED) is 0.710. The monoisotopic (exact) mass is 370 g/mol. The van der Waals surface area contributed by atoms with Crippen LogP contribution in [0, 0.1) is 0 Å². The van der Waals surface area contributed by atoms with E-state index in [-0.39, 0.29) is 28.8 Å². The molecule has 1 aromatic carbocycles. The van der Waals surface area contributed by atoms with Crippen molar-refractivity contribution in [3.8, 4) is 17.0 Å². The van der Waals surface area contributed by atoms with E-state index in [1.807, 2.05) is 31.2 Å². The summed E-state index contributed by atoms with van der Waals surface area (Å²) in [6.45, 7) is 2.22. The molecule has 8 heteroatoms. The Hall–Kier alpha value is -3.13. The molecule has 0 saturated heterocycles. The molecule has 0 aliphatic carbocycles. The molecule has 3 rings (SSSR count). The largest absolute Gasteiger partial charge is 0.497 e. The van der Waals surface area contributed by atoms with Crippen molar-refractivity contribution in [1.82, 2.24) is 19.3 Å². The van der Waals surface area contributed by atoms with Crippen LogP contribution in [0.5, 0.6) is 5.75 Å². The molecule has 0 saturated carbocycles. The van der Waals surface area contributed by atoms with E-state index in [0.29, 0.717) is 12.3 Å². The molecule has 0 fully saturated rings. The second-order valence-electron chi connectivity index (χ2n) is 6.29. The van der Waals surface area contributed by atoms with E-state index in [9.17, 15) is 9.59 Å². The Labute approximate surface area is 156 Å². The van der Waals surface area contributed by atoms with Crippen LogP contribution in [0.2, 0.25) is 0 Å². The number of hydrogen-bond acceptors (Lipinski definition) is 5. The number of hydrogen-bond donors (Lipinski definition) is 1.